The van der Waals surface area contributed by atoms with Gasteiger partial charge in [0.2, 0.25) is 11.8 Å². The topological polar surface area (TPSA) is 65.6 Å². The largest absolute Gasteiger partial charge is 0.381 e. The van der Waals surface area contributed by atoms with Crippen molar-refractivity contribution in [2.24, 2.45) is 0 Å². The van der Waals surface area contributed by atoms with Crippen LogP contribution in [0.5, 0.6) is 0 Å². The van der Waals surface area contributed by atoms with E-state index in [0.717, 1.165) is 45.2 Å². The maximum atomic E-state index is 12.4. The van der Waals surface area contributed by atoms with Crippen LogP contribution in [0.15, 0.2) is 0 Å². The summed E-state index contributed by atoms with van der Waals surface area (Å²) in [6, 6.07) is 0. The van der Waals surface area contributed by atoms with E-state index in [1.165, 1.54) is 0 Å². The highest BCUT2D eigenvalue weighted by atomic mass is 32.1. The van der Waals surface area contributed by atoms with Crippen LogP contribution in [-0.2, 0) is 19.1 Å². The summed E-state index contributed by atoms with van der Waals surface area (Å²) in [5.74, 6) is 0.168. The maximum Gasteiger partial charge on any atom is 0.248 e. The van der Waals surface area contributed by atoms with Gasteiger partial charge in [-0.05, 0) is 98.1 Å². The second kappa shape index (κ2) is 13.3. The zero-order chi connectivity index (χ0) is 26.2. The molecule has 0 aromatic rings. The molecule has 8 nitrogen and oxygen atoms in total. The minimum atomic E-state index is -0.309. The van der Waals surface area contributed by atoms with Gasteiger partial charge in [0.1, 0.15) is 0 Å². The van der Waals surface area contributed by atoms with Gasteiger partial charge in [0.25, 0.3) is 0 Å². The lowest BCUT2D eigenvalue weighted by Gasteiger charge is -2.35. The highest BCUT2D eigenvalue weighted by Crippen LogP contribution is 2.27. The van der Waals surface area contributed by atoms with Crippen LogP contribution in [0.2, 0.25) is 0 Å². The van der Waals surface area contributed by atoms with Gasteiger partial charge in [-0.15, -0.1) is 0 Å². The lowest BCUT2D eigenvalue weighted by Crippen LogP contribution is -2.48. The van der Waals surface area contributed by atoms with E-state index in [1.54, 1.807) is 9.80 Å². The molecule has 200 valence electrons. The van der Waals surface area contributed by atoms with Gasteiger partial charge in [0.15, 0.2) is 10.2 Å². The third kappa shape index (κ3) is 7.81. The van der Waals surface area contributed by atoms with E-state index in [9.17, 15) is 9.59 Å². The summed E-state index contributed by atoms with van der Waals surface area (Å²) in [6.07, 6.45) is 4.25. The first-order valence-corrected chi connectivity index (χ1v) is 13.7. The Morgan fingerprint density at radius 2 is 1.03 bits per heavy atom. The van der Waals surface area contributed by atoms with Gasteiger partial charge in [-0.25, -0.2) is 0 Å². The fourth-order valence-corrected chi connectivity index (χ4v) is 5.78. The second-order valence-electron chi connectivity index (χ2n) is 10.5. The predicted octanol–water partition coefficient (Wildman–Crippen LogP) is 3.43. The van der Waals surface area contributed by atoms with Crippen LogP contribution >= 0.6 is 24.4 Å². The highest BCUT2D eigenvalue weighted by molar-refractivity contribution is 7.80. The Morgan fingerprint density at radius 1 is 0.686 bits per heavy atom. The lowest BCUT2D eigenvalue weighted by molar-refractivity contribution is -0.129. The van der Waals surface area contributed by atoms with E-state index >= 15 is 0 Å². The molecule has 2 heterocycles. The molecule has 0 aromatic heterocycles. The van der Waals surface area contributed by atoms with Crippen molar-refractivity contribution < 1.29 is 19.1 Å². The van der Waals surface area contributed by atoms with Gasteiger partial charge in [-0.3, -0.25) is 19.4 Å². The fraction of sp³-hybridized carbons (Fsp3) is 0.840. The molecule has 0 atom stereocenters. The van der Waals surface area contributed by atoms with Crippen LogP contribution in [0.4, 0.5) is 0 Å². The molecule has 0 radical (unpaired) electrons. The van der Waals surface area contributed by atoms with Gasteiger partial charge < -0.3 is 19.3 Å². The number of amides is 2. The number of thiocarbonyl (C=S) groups is 2. The summed E-state index contributed by atoms with van der Waals surface area (Å²) in [4.78, 5) is 32.2. The lowest BCUT2D eigenvalue weighted by atomic mass is 9.96. The summed E-state index contributed by atoms with van der Waals surface area (Å²) in [7, 11) is 0. The van der Waals surface area contributed by atoms with E-state index < -0.39 is 0 Å². The van der Waals surface area contributed by atoms with Gasteiger partial charge in [-0.2, -0.15) is 0 Å². The number of hydrogen-bond acceptors (Lipinski definition) is 6. The van der Waals surface area contributed by atoms with E-state index in [0.29, 0.717) is 49.7 Å². The Labute approximate surface area is 222 Å². The van der Waals surface area contributed by atoms with Crippen molar-refractivity contribution in [3.63, 3.8) is 0 Å². The number of ether oxygens (including phenoxy) is 2. The van der Waals surface area contributed by atoms with Gasteiger partial charge >= 0.3 is 0 Å². The molecule has 0 saturated carbocycles. The molecular weight excluding hydrogens is 484 g/mol. The van der Waals surface area contributed by atoms with Crippen LogP contribution in [-0.4, -0.2) is 105 Å². The number of hydrogen-bond donors (Lipinski definition) is 0. The minimum absolute atomic E-state index is 0.0842. The number of nitrogens with zero attached hydrogens (tertiary/aromatic N) is 4. The van der Waals surface area contributed by atoms with Crippen molar-refractivity contribution in [2.45, 2.75) is 84.7 Å². The quantitative estimate of drug-likeness (QED) is 0.223. The molecule has 0 aliphatic carbocycles. The highest BCUT2D eigenvalue weighted by Gasteiger charge is 2.42. The molecule has 10 heteroatoms. The zero-order valence-electron chi connectivity index (χ0n) is 22.4. The van der Waals surface area contributed by atoms with Crippen molar-refractivity contribution in [1.82, 2.24) is 19.6 Å². The van der Waals surface area contributed by atoms with Crippen LogP contribution in [0.25, 0.3) is 0 Å². The van der Waals surface area contributed by atoms with Crippen molar-refractivity contribution in [2.75, 3.05) is 52.6 Å². The summed E-state index contributed by atoms with van der Waals surface area (Å²) in [5.41, 5.74) is -0.618. The van der Waals surface area contributed by atoms with Crippen molar-refractivity contribution >= 4 is 46.5 Å². The first-order valence-electron chi connectivity index (χ1n) is 12.9. The number of rotatable bonds is 16. The molecule has 0 aromatic carbocycles. The Hall–Kier alpha value is -1.36. The summed E-state index contributed by atoms with van der Waals surface area (Å²) >= 11 is 11.0. The molecule has 0 spiro atoms. The number of carbonyl (C=O) groups excluding carboxylic acids is 2. The summed E-state index contributed by atoms with van der Waals surface area (Å²) in [6.45, 7) is 17.2. The molecule has 35 heavy (non-hydrogen) atoms. The summed E-state index contributed by atoms with van der Waals surface area (Å²) in [5, 5.41) is 1.28. The third-order valence-corrected chi connectivity index (χ3v) is 7.66. The van der Waals surface area contributed by atoms with Gasteiger partial charge in [-0.1, -0.05) is 0 Å². The molecule has 2 rings (SSSR count). The molecular formula is C25H44N4O4S2. The second-order valence-corrected chi connectivity index (χ2v) is 11.2. The zero-order valence-corrected chi connectivity index (χ0v) is 24.1. The standard InChI is InChI=1S/C25H44N4O4S2/c1-7-26-18-20(30)28(22(26)34)24(3,4)12-9-14-32-16-11-17-33-15-10-13-25(5,6)29-21(31)19-27(8-2)23(29)35/h7-19H2,1-6H3. The van der Waals surface area contributed by atoms with Crippen LogP contribution < -0.4 is 0 Å². The Kier molecular flexibility index (Phi) is 11.3. The first kappa shape index (κ1) is 29.9. The maximum absolute atomic E-state index is 12.4. The minimum Gasteiger partial charge on any atom is -0.381 e. The Bertz CT molecular complexity index is 713. The van der Waals surface area contributed by atoms with E-state index in [2.05, 4.69) is 27.7 Å². The van der Waals surface area contributed by atoms with Gasteiger partial charge in [0, 0.05) is 50.6 Å². The predicted molar refractivity (Wildman–Crippen MR) is 146 cm³/mol. The average Bonchev–Trinajstić information content (AvgIpc) is 3.25. The molecule has 2 saturated heterocycles. The van der Waals surface area contributed by atoms with Crippen molar-refractivity contribution in [1.29, 1.82) is 0 Å². The molecule has 2 aliphatic rings. The van der Waals surface area contributed by atoms with Crippen LogP contribution in [0.1, 0.15) is 73.6 Å². The van der Waals surface area contributed by atoms with Crippen LogP contribution in [0, 0.1) is 0 Å². The molecule has 0 bridgehead atoms. The average molecular weight is 529 g/mol. The van der Waals surface area contributed by atoms with Crippen molar-refractivity contribution in [3.8, 4) is 0 Å². The van der Waals surface area contributed by atoms with Crippen LogP contribution in [0.3, 0.4) is 0 Å². The SMILES string of the molecule is CCN1CC(=O)N(C(C)(C)CCCOCCCOCCCC(C)(C)N2C(=O)CN(CC)C2=S)C1=S. The number of carbonyl (C=O) groups is 2. The third-order valence-electron chi connectivity index (χ3n) is 6.78. The Balaban J connectivity index is 1.53. The molecule has 0 N–H and O–H groups in total. The Morgan fingerprint density at radius 3 is 1.34 bits per heavy atom. The molecule has 2 fully saturated rings. The van der Waals surface area contributed by atoms with E-state index in [-0.39, 0.29) is 22.9 Å². The molecule has 2 aliphatic heterocycles. The fourth-order valence-electron chi connectivity index (χ4n) is 4.69. The smallest absolute Gasteiger partial charge is 0.248 e. The van der Waals surface area contributed by atoms with Gasteiger partial charge in [0.05, 0.1) is 13.1 Å². The van der Waals surface area contributed by atoms with Crippen molar-refractivity contribution in [3.05, 3.63) is 0 Å². The monoisotopic (exact) mass is 528 g/mol. The van der Waals surface area contributed by atoms with E-state index in [1.807, 2.05) is 23.6 Å². The molecule has 2 amide bonds. The van der Waals surface area contributed by atoms with E-state index in [4.69, 9.17) is 33.9 Å². The first-order chi connectivity index (χ1) is 16.5. The normalized spacial score (nSPS) is 17.5. The number of likely N-dealkylation sites (N-methyl/N-ethyl adjacent to an activating group) is 2. The molecule has 0 unspecified atom stereocenters. The summed E-state index contributed by atoms with van der Waals surface area (Å²) < 4.78 is 11.5.